The molecule has 1 heterocycles. The lowest BCUT2D eigenvalue weighted by Crippen LogP contribution is -2.40. The SMILES string of the molecule is C[C@@H](Cc1ccccc1)NCC(=O)N1c2ccccc2Sc2ccc(Cl)cc21. The first kappa shape index (κ1) is 19.1. The average Bonchev–Trinajstić information content (AvgIpc) is 2.71. The van der Waals surface area contributed by atoms with E-state index in [-0.39, 0.29) is 18.5 Å². The van der Waals surface area contributed by atoms with Crippen LogP contribution in [0.5, 0.6) is 0 Å². The molecule has 142 valence electrons. The summed E-state index contributed by atoms with van der Waals surface area (Å²) >= 11 is 7.89. The molecule has 0 bridgehead atoms. The number of carbonyl (C=O) groups excluding carboxylic acids is 1. The van der Waals surface area contributed by atoms with Gasteiger partial charge in [0.2, 0.25) is 5.91 Å². The van der Waals surface area contributed by atoms with Crippen molar-refractivity contribution in [1.82, 2.24) is 5.32 Å². The van der Waals surface area contributed by atoms with Gasteiger partial charge in [0.15, 0.2) is 0 Å². The molecule has 3 aromatic carbocycles. The van der Waals surface area contributed by atoms with E-state index in [1.807, 2.05) is 60.7 Å². The van der Waals surface area contributed by atoms with Gasteiger partial charge in [0.05, 0.1) is 17.9 Å². The minimum Gasteiger partial charge on any atom is -0.306 e. The summed E-state index contributed by atoms with van der Waals surface area (Å²) in [4.78, 5) is 17.1. The first-order chi connectivity index (χ1) is 13.6. The van der Waals surface area contributed by atoms with E-state index < -0.39 is 0 Å². The third kappa shape index (κ3) is 4.09. The quantitative estimate of drug-likeness (QED) is 0.588. The van der Waals surface area contributed by atoms with Gasteiger partial charge in [0.1, 0.15) is 0 Å². The van der Waals surface area contributed by atoms with Crippen LogP contribution in [0.15, 0.2) is 82.6 Å². The van der Waals surface area contributed by atoms with E-state index in [2.05, 4.69) is 24.4 Å². The number of amides is 1. The van der Waals surface area contributed by atoms with Gasteiger partial charge in [-0.2, -0.15) is 0 Å². The molecule has 0 aromatic heterocycles. The van der Waals surface area contributed by atoms with Gasteiger partial charge in [-0.3, -0.25) is 9.69 Å². The Hall–Kier alpha value is -2.27. The minimum absolute atomic E-state index is 0.0104. The lowest BCUT2D eigenvalue weighted by atomic mass is 10.1. The van der Waals surface area contributed by atoms with Crippen molar-refractivity contribution in [2.45, 2.75) is 29.2 Å². The Balaban J connectivity index is 1.53. The zero-order valence-corrected chi connectivity index (χ0v) is 17.1. The van der Waals surface area contributed by atoms with E-state index >= 15 is 0 Å². The molecule has 0 aliphatic carbocycles. The second-order valence-corrected chi connectivity index (χ2v) is 8.40. The van der Waals surface area contributed by atoms with Crippen LogP contribution in [0.25, 0.3) is 0 Å². The zero-order valence-electron chi connectivity index (χ0n) is 15.6. The van der Waals surface area contributed by atoms with Crippen LogP contribution >= 0.6 is 23.4 Å². The highest BCUT2D eigenvalue weighted by Crippen LogP contribution is 2.48. The third-order valence-electron chi connectivity index (χ3n) is 4.72. The maximum atomic E-state index is 13.2. The van der Waals surface area contributed by atoms with Gasteiger partial charge >= 0.3 is 0 Å². The maximum Gasteiger partial charge on any atom is 0.245 e. The molecule has 4 rings (SSSR count). The smallest absolute Gasteiger partial charge is 0.245 e. The number of carbonyl (C=O) groups is 1. The number of nitrogens with one attached hydrogen (secondary N) is 1. The standard InChI is InChI=1S/C23H21ClN2OS/c1-16(13-17-7-3-2-4-8-17)25-15-23(27)26-19-9-5-6-10-21(19)28-22-12-11-18(24)14-20(22)26/h2-12,14,16,25H,13,15H2,1H3/t16-/m0/s1. The number of hydrogen-bond donors (Lipinski definition) is 1. The van der Waals surface area contributed by atoms with Crippen molar-refractivity contribution >= 4 is 40.6 Å². The maximum absolute atomic E-state index is 13.2. The van der Waals surface area contributed by atoms with Crippen molar-refractivity contribution in [1.29, 1.82) is 0 Å². The molecule has 0 fully saturated rings. The Morgan fingerprint density at radius 3 is 2.54 bits per heavy atom. The lowest BCUT2D eigenvalue weighted by molar-refractivity contribution is -0.117. The van der Waals surface area contributed by atoms with Gasteiger partial charge in [0.25, 0.3) is 0 Å². The Bertz CT molecular complexity index is 993. The van der Waals surface area contributed by atoms with Crippen molar-refractivity contribution in [2.75, 3.05) is 11.4 Å². The molecule has 1 aliphatic rings. The highest BCUT2D eigenvalue weighted by molar-refractivity contribution is 7.99. The summed E-state index contributed by atoms with van der Waals surface area (Å²) in [6, 6.07) is 24.2. The van der Waals surface area contributed by atoms with Gasteiger partial charge in [-0.15, -0.1) is 0 Å². The van der Waals surface area contributed by atoms with Crippen LogP contribution in [-0.2, 0) is 11.2 Å². The summed E-state index contributed by atoms with van der Waals surface area (Å²) in [5.41, 5.74) is 3.01. The second kappa shape index (κ2) is 8.39. The summed E-state index contributed by atoms with van der Waals surface area (Å²) in [5.74, 6) is 0.0104. The van der Waals surface area contributed by atoms with Crippen LogP contribution in [0.1, 0.15) is 12.5 Å². The summed E-state index contributed by atoms with van der Waals surface area (Å²) < 4.78 is 0. The normalized spacial score (nSPS) is 13.6. The van der Waals surface area contributed by atoms with Crippen molar-refractivity contribution in [2.24, 2.45) is 0 Å². The van der Waals surface area contributed by atoms with Gasteiger partial charge in [-0.25, -0.2) is 0 Å². The van der Waals surface area contributed by atoms with Gasteiger partial charge < -0.3 is 5.32 Å². The topological polar surface area (TPSA) is 32.3 Å². The van der Waals surface area contributed by atoms with E-state index in [9.17, 15) is 4.79 Å². The molecule has 5 heteroatoms. The predicted molar refractivity (Wildman–Crippen MR) is 117 cm³/mol. The fourth-order valence-corrected chi connectivity index (χ4v) is 4.58. The van der Waals surface area contributed by atoms with Crippen LogP contribution in [0.3, 0.4) is 0 Å². The molecule has 0 unspecified atom stereocenters. The van der Waals surface area contributed by atoms with E-state index in [1.165, 1.54) is 5.56 Å². The van der Waals surface area contributed by atoms with Crippen molar-refractivity contribution in [3.63, 3.8) is 0 Å². The van der Waals surface area contributed by atoms with Crippen LogP contribution < -0.4 is 10.2 Å². The Morgan fingerprint density at radius 1 is 1.00 bits per heavy atom. The summed E-state index contributed by atoms with van der Waals surface area (Å²) in [6.45, 7) is 2.37. The van der Waals surface area contributed by atoms with Crippen molar-refractivity contribution < 1.29 is 4.79 Å². The van der Waals surface area contributed by atoms with Gasteiger partial charge in [0, 0.05) is 20.9 Å². The first-order valence-electron chi connectivity index (χ1n) is 9.28. The van der Waals surface area contributed by atoms with E-state index in [1.54, 1.807) is 16.7 Å². The molecule has 3 nitrogen and oxygen atoms in total. The fraction of sp³-hybridized carbons (Fsp3) is 0.174. The molecule has 1 N–H and O–H groups in total. The van der Waals surface area contributed by atoms with Crippen LogP contribution in [0, 0.1) is 0 Å². The molecule has 0 saturated heterocycles. The van der Waals surface area contributed by atoms with Crippen molar-refractivity contribution in [3.05, 3.63) is 83.4 Å². The Labute approximate surface area is 174 Å². The number of rotatable bonds is 5. The molecular weight excluding hydrogens is 388 g/mol. The summed E-state index contributed by atoms with van der Waals surface area (Å²) in [7, 11) is 0. The van der Waals surface area contributed by atoms with Crippen LogP contribution in [-0.4, -0.2) is 18.5 Å². The molecular formula is C23H21ClN2OS. The summed E-state index contributed by atoms with van der Waals surface area (Å²) in [5, 5.41) is 4.00. The highest BCUT2D eigenvalue weighted by atomic mass is 35.5. The number of anilines is 2. The second-order valence-electron chi connectivity index (χ2n) is 6.88. The minimum atomic E-state index is 0.0104. The largest absolute Gasteiger partial charge is 0.306 e. The molecule has 0 spiro atoms. The number of fused-ring (bicyclic) bond motifs is 2. The number of hydrogen-bond acceptors (Lipinski definition) is 3. The number of nitrogens with zero attached hydrogens (tertiary/aromatic N) is 1. The zero-order chi connectivity index (χ0) is 19.5. The van der Waals surface area contributed by atoms with Gasteiger partial charge in [-0.1, -0.05) is 65.8 Å². The molecule has 1 atom stereocenters. The molecule has 1 aliphatic heterocycles. The summed E-state index contributed by atoms with van der Waals surface area (Å²) in [6.07, 6.45) is 0.878. The third-order valence-corrected chi connectivity index (χ3v) is 6.09. The van der Waals surface area contributed by atoms with E-state index in [0.29, 0.717) is 5.02 Å². The van der Waals surface area contributed by atoms with Crippen LogP contribution in [0.4, 0.5) is 11.4 Å². The van der Waals surface area contributed by atoms with E-state index in [0.717, 1.165) is 27.6 Å². The molecule has 3 aromatic rings. The lowest BCUT2D eigenvalue weighted by Gasteiger charge is -2.31. The number of para-hydroxylation sites is 1. The molecule has 0 radical (unpaired) electrons. The monoisotopic (exact) mass is 408 g/mol. The van der Waals surface area contributed by atoms with Crippen molar-refractivity contribution in [3.8, 4) is 0 Å². The number of benzene rings is 3. The highest BCUT2D eigenvalue weighted by Gasteiger charge is 2.28. The Morgan fingerprint density at radius 2 is 1.71 bits per heavy atom. The fourth-order valence-electron chi connectivity index (χ4n) is 3.38. The first-order valence-corrected chi connectivity index (χ1v) is 10.5. The van der Waals surface area contributed by atoms with Crippen LogP contribution in [0.2, 0.25) is 5.02 Å². The molecule has 28 heavy (non-hydrogen) atoms. The average molecular weight is 409 g/mol. The molecule has 1 amide bonds. The predicted octanol–water partition coefficient (Wildman–Crippen LogP) is 5.69. The van der Waals surface area contributed by atoms with E-state index in [4.69, 9.17) is 11.6 Å². The molecule has 0 saturated carbocycles. The number of halogens is 1. The Kier molecular flexibility index (Phi) is 5.72. The van der Waals surface area contributed by atoms with Gasteiger partial charge in [-0.05, 0) is 49.2 Å².